The fourth-order valence-electron chi connectivity index (χ4n) is 9.11. The first kappa shape index (κ1) is 33.8. The second-order valence-electron chi connectivity index (χ2n) is 15.2. The van der Waals surface area contributed by atoms with Gasteiger partial charge in [-0.15, -0.1) is 0 Å². The Labute approximate surface area is 339 Å². The van der Waals surface area contributed by atoms with Gasteiger partial charge in [-0.2, -0.15) is 0 Å². The van der Waals surface area contributed by atoms with E-state index in [2.05, 4.69) is 231 Å². The summed E-state index contributed by atoms with van der Waals surface area (Å²) < 4.78 is 0. The molecule has 0 heterocycles. The van der Waals surface area contributed by atoms with E-state index in [1.807, 2.05) is 0 Å². The zero-order chi connectivity index (χ0) is 38.4. The molecule has 0 aromatic heterocycles. The zero-order valence-electron chi connectivity index (χ0n) is 31.9. The Morgan fingerprint density at radius 1 is 0.172 bits per heavy atom. The lowest BCUT2D eigenvalue weighted by Crippen LogP contribution is -1.93. The highest BCUT2D eigenvalue weighted by atomic mass is 14.2. The molecule has 0 aliphatic carbocycles. The SMILES string of the molecule is c1ccc(-c2ccc3c(-c4cccc(-c5cccc6ccccc56)c4)c4cc(-c5ccccc5)ccc4c(-c4cccc(-c5cccc6ccccc56)c4)c3c2)cc1. The third kappa shape index (κ3) is 5.86. The van der Waals surface area contributed by atoms with Crippen LogP contribution in [0.15, 0.2) is 231 Å². The van der Waals surface area contributed by atoms with Gasteiger partial charge in [-0.25, -0.2) is 0 Å². The molecule has 0 N–H and O–H groups in total. The monoisotopic (exact) mass is 734 g/mol. The van der Waals surface area contributed by atoms with Crippen molar-refractivity contribution >= 4 is 43.1 Å². The van der Waals surface area contributed by atoms with Gasteiger partial charge in [0.15, 0.2) is 0 Å². The standard InChI is InChI=1S/C58H38/c1-3-15-39(16-4-1)43-31-33-53-55(37-43)57(47-25-11-23-45(35-47)51-29-13-21-41-19-7-9-27-49(41)51)54-34-32-44(40-17-5-2-6-18-40)38-56(54)58(53)48-26-12-24-46(36-48)52-30-14-22-42-20-8-10-28-50(42)52/h1-38H. The molecule has 11 rings (SSSR count). The number of fused-ring (bicyclic) bond motifs is 4. The van der Waals surface area contributed by atoms with Crippen molar-refractivity contribution in [1.29, 1.82) is 0 Å². The van der Waals surface area contributed by atoms with E-state index < -0.39 is 0 Å². The first-order valence-corrected chi connectivity index (χ1v) is 20.1. The normalized spacial score (nSPS) is 11.4. The molecule has 0 bridgehead atoms. The van der Waals surface area contributed by atoms with E-state index in [0.717, 1.165) is 0 Å². The number of hydrogen-bond acceptors (Lipinski definition) is 0. The molecule has 11 aromatic rings. The van der Waals surface area contributed by atoms with Crippen molar-refractivity contribution in [3.05, 3.63) is 231 Å². The second-order valence-corrected chi connectivity index (χ2v) is 15.2. The number of benzene rings is 11. The summed E-state index contributed by atoms with van der Waals surface area (Å²) in [5.74, 6) is 0. The van der Waals surface area contributed by atoms with Crippen molar-refractivity contribution in [2.45, 2.75) is 0 Å². The molecule has 0 aliphatic heterocycles. The molecule has 0 aliphatic rings. The fourth-order valence-corrected chi connectivity index (χ4v) is 9.11. The van der Waals surface area contributed by atoms with Gasteiger partial charge in [-0.3, -0.25) is 0 Å². The summed E-state index contributed by atoms with van der Waals surface area (Å²) in [6, 6.07) is 84.7. The summed E-state index contributed by atoms with van der Waals surface area (Å²) >= 11 is 0. The van der Waals surface area contributed by atoms with Crippen LogP contribution in [0.4, 0.5) is 0 Å². The highest BCUT2D eigenvalue weighted by molar-refractivity contribution is 6.23. The van der Waals surface area contributed by atoms with Gasteiger partial charge >= 0.3 is 0 Å². The van der Waals surface area contributed by atoms with Gasteiger partial charge in [0.1, 0.15) is 0 Å². The molecule has 0 saturated heterocycles. The average molecular weight is 735 g/mol. The van der Waals surface area contributed by atoms with Crippen molar-refractivity contribution in [2.24, 2.45) is 0 Å². The van der Waals surface area contributed by atoms with E-state index in [9.17, 15) is 0 Å². The van der Waals surface area contributed by atoms with E-state index in [0.29, 0.717) is 0 Å². The van der Waals surface area contributed by atoms with Crippen LogP contribution >= 0.6 is 0 Å². The highest BCUT2D eigenvalue weighted by Crippen LogP contribution is 2.47. The molecule has 0 spiro atoms. The van der Waals surface area contributed by atoms with E-state index >= 15 is 0 Å². The first-order chi connectivity index (χ1) is 28.8. The molecule has 0 amide bonds. The van der Waals surface area contributed by atoms with E-state index in [1.54, 1.807) is 0 Å². The lowest BCUT2D eigenvalue weighted by molar-refractivity contribution is 1.61. The van der Waals surface area contributed by atoms with Gasteiger partial charge in [0.05, 0.1) is 0 Å². The fraction of sp³-hybridized carbons (Fsp3) is 0. The maximum Gasteiger partial charge on any atom is -0.00259 e. The third-order valence-corrected chi connectivity index (χ3v) is 11.8. The van der Waals surface area contributed by atoms with Crippen LogP contribution in [0.25, 0.3) is 110 Å². The topological polar surface area (TPSA) is 0 Å². The molecule has 0 heteroatoms. The van der Waals surface area contributed by atoms with Crippen LogP contribution in [-0.4, -0.2) is 0 Å². The molecule has 0 atom stereocenters. The minimum absolute atomic E-state index is 1.20. The van der Waals surface area contributed by atoms with Gasteiger partial charge in [-0.05, 0) is 134 Å². The lowest BCUT2D eigenvalue weighted by Gasteiger charge is -2.20. The third-order valence-electron chi connectivity index (χ3n) is 11.8. The van der Waals surface area contributed by atoms with Crippen LogP contribution in [0.2, 0.25) is 0 Å². The zero-order valence-corrected chi connectivity index (χ0v) is 31.9. The summed E-state index contributed by atoms with van der Waals surface area (Å²) in [5, 5.41) is 9.96. The van der Waals surface area contributed by atoms with Crippen molar-refractivity contribution in [3.8, 4) is 66.8 Å². The average Bonchev–Trinajstić information content (AvgIpc) is 3.30. The molecule has 270 valence electrons. The van der Waals surface area contributed by atoms with Crippen molar-refractivity contribution in [1.82, 2.24) is 0 Å². The molecule has 0 nitrogen and oxygen atoms in total. The number of rotatable bonds is 6. The quantitative estimate of drug-likeness (QED) is 0.149. The molecule has 0 saturated carbocycles. The van der Waals surface area contributed by atoms with Gasteiger partial charge < -0.3 is 0 Å². The highest BCUT2D eigenvalue weighted by Gasteiger charge is 2.20. The summed E-state index contributed by atoms with van der Waals surface area (Å²) in [5.41, 5.74) is 14.6. The van der Waals surface area contributed by atoms with Crippen molar-refractivity contribution in [2.75, 3.05) is 0 Å². The van der Waals surface area contributed by atoms with Crippen LogP contribution < -0.4 is 0 Å². The Morgan fingerprint density at radius 2 is 0.534 bits per heavy atom. The molecule has 0 radical (unpaired) electrons. The number of hydrogen-bond donors (Lipinski definition) is 0. The Bertz CT molecular complexity index is 3080. The van der Waals surface area contributed by atoms with Gasteiger partial charge in [-0.1, -0.05) is 206 Å². The van der Waals surface area contributed by atoms with Crippen molar-refractivity contribution in [3.63, 3.8) is 0 Å². The van der Waals surface area contributed by atoms with Gasteiger partial charge in [0, 0.05) is 0 Å². The smallest absolute Gasteiger partial charge is 0.00259 e. The van der Waals surface area contributed by atoms with E-state index in [1.165, 1.54) is 110 Å². The predicted molar refractivity (Wildman–Crippen MR) is 249 cm³/mol. The van der Waals surface area contributed by atoms with Crippen molar-refractivity contribution < 1.29 is 0 Å². The van der Waals surface area contributed by atoms with E-state index in [4.69, 9.17) is 0 Å². The summed E-state index contributed by atoms with van der Waals surface area (Å²) in [6.45, 7) is 0. The lowest BCUT2D eigenvalue weighted by atomic mass is 9.83. The first-order valence-electron chi connectivity index (χ1n) is 20.1. The molecular formula is C58H38. The Morgan fingerprint density at radius 3 is 1.00 bits per heavy atom. The molecule has 58 heavy (non-hydrogen) atoms. The maximum atomic E-state index is 2.42. The Hall–Kier alpha value is -7.54. The van der Waals surface area contributed by atoms with Crippen LogP contribution in [0.1, 0.15) is 0 Å². The van der Waals surface area contributed by atoms with Crippen LogP contribution in [0, 0.1) is 0 Å². The van der Waals surface area contributed by atoms with Gasteiger partial charge in [0.25, 0.3) is 0 Å². The summed E-state index contributed by atoms with van der Waals surface area (Å²) in [7, 11) is 0. The predicted octanol–water partition coefficient (Wildman–Crippen LogP) is 16.3. The van der Waals surface area contributed by atoms with Crippen LogP contribution in [0.3, 0.4) is 0 Å². The maximum absolute atomic E-state index is 2.42. The molecule has 0 unspecified atom stereocenters. The molecule has 0 fully saturated rings. The van der Waals surface area contributed by atoms with Gasteiger partial charge in [0.2, 0.25) is 0 Å². The minimum atomic E-state index is 1.20. The van der Waals surface area contributed by atoms with Crippen LogP contribution in [-0.2, 0) is 0 Å². The summed E-state index contributed by atoms with van der Waals surface area (Å²) in [4.78, 5) is 0. The Balaban J connectivity index is 1.23. The van der Waals surface area contributed by atoms with E-state index in [-0.39, 0.29) is 0 Å². The largest absolute Gasteiger partial charge is 0.0622 e. The Kier molecular flexibility index (Phi) is 8.26. The minimum Gasteiger partial charge on any atom is -0.0622 e. The molecule has 11 aromatic carbocycles. The van der Waals surface area contributed by atoms with Crippen LogP contribution in [0.5, 0.6) is 0 Å². The second kappa shape index (κ2) is 14.2. The summed E-state index contributed by atoms with van der Waals surface area (Å²) in [6.07, 6.45) is 0. The molecular weight excluding hydrogens is 697 g/mol.